The molecule has 2 saturated carbocycles. The lowest BCUT2D eigenvalue weighted by Crippen LogP contribution is -2.05. The molecule has 0 spiro atoms. The first-order chi connectivity index (χ1) is 5.81. The molecule has 0 saturated heterocycles. The standard InChI is InChI=1S/C12H22/c1-3-10-7-12(10)8-11-6-4-5-9(11)2/h9-12H,3-8H2,1-2H3. The highest BCUT2D eigenvalue weighted by atomic mass is 14.4. The van der Waals surface area contributed by atoms with Gasteiger partial charge in [-0.3, -0.25) is 0 Å². The summed E-state index contributed by atoms with van der Waals surface area (Å²) in [5, 5.41) is 0. The summed E-state index contributed by atoms with van der Waals surface area (Å²) in [5.41, 5.74) is 0. The van der Waals surface area contributed by atoms with Gasteiger partial charge >= 0.3 is 0 Å². The van der Waals surface area contributed by atoms with Crippen molar-refractivity contribution in [3.8, 4) is 0 Å². The van der Waals surface area contributed by atoms with Gasteiger partial charge in [-0.15, -0.1) is 0 Å². The lowest BCUT2D eigenvalue weighted by atomic mass is 9.92. The second-order valence-electron chi connectivity index (χ2n) is 5.07. The zero-order valence-electron chi connectivity index (χ0n) is 8.55. The molecule has 0 N–H and O–H groups in total. The number of hydrogen-bond donors (Lipinski definition) is 0. The fourth-order valence-electron chi connectivity index (χ4n) is 3.06. The normalized spacial score (nSPS) is 46.5. The van der Waals surface area contributed by atoms with Crippen LogP contribution in [0.25, 0.3) is 0 Å². The lowest BCUT2D eigenvalue weighted by Gasteiger charge is -2.14. The van der Waals surface area contributed by atoms with Crippen LogP contribution in [-0.4, -0.2) is 0 Å². The van der Waals surface area contributed by atoms with Crippen LogP contribution in [0.5, 0.6) is 0 Å². The minimum Gasteiger partial charge on any atom is -0.0651 e. The van der Waals surface area contributed by atoms with Gasteiger partial charge in [-0.2, -0.15) is 0 Å². The Morgan fingerprint density at radius 2 is 1.92 bits per heavy atom. The lowest BCUT2D eigenvalue weighted by molar-refractivity contribution is 0.363. The molecule has 2 rings (SSSR count). The van der Waals surface area contributed by atoms with Crippen LogP contribution < -0.4 is 0 Å². The Balaban J connectivity index is 1.73. The third-order valence-electron chi connectivity index (χ3n) is 4.24. The first-order valence-electron chi connectivity index (χ1n) is 5.81. The van der Waals surface area contributed by atoms with E-state index in [4.69, 9.17) is 0 Å². The van der Waals surface area contributed by atoms with E-state index in [1.807, 2.05) is 0 Å². The molecule has 2 fully saturated rings. The van der Waals surface area contributed by atoms with Gasteiger partial charge in [0.15, 0.2) is 0 Å². The molecule has 0 heteroatoms. The van der Waals surface area contributed by atoms with Crippen molar-refractivity contribution in [1.82, 2.24) is 0 Å². The van der Waals surface area contributed by atoms with E-state index in [-0.39, 0.29) is 0 Å². The summed E-state index contributed by atoms with van der Waals surface area (Å²) >= 11 is 0. The fourth-order valence-corrected chi connectivity index (χ4v) is 3.06. The number of rotatable bonds is 3. The largest absolute Gasteiger partial charge is 0.0651 e. The van der Waals surface area contributed by atoms with Crippen molar-refractivity contribution in [1.29, 1.82) is 0 Å². The zero-order chi connectivity index (χ0) is 8.55. The van der Waals surface area contributed by atoms with E-state index >= 15 is 0 Å². The van der Waals surface area contributed by atoms with E-state index in [9.17, 15) is 0 Å². The molecule has 0 nitrogen and oxygen atoms in total. The second kappa shape index (κ2) is 3.40. The van der Waals surface area contributed by atoms with Crippen molar-refractivity contribution in [2.75, 3.05) is 0 Å². The summed E-state index contributed by atoms with van der Waals surface area (Å²) in [7, 11) is 0. The minimum absolute atomic E-state index is 1.04. The topological polar surface area (TPSA) is 0 Å². The second-order valence-corrected chi connectivity index (χ2v) is 5.07. The van der Waals surface area contributed by atoms with Crippen LogP contribution in [0.15, 0.2) is 0 Å². The first-order valence-corrected chi connectivity index (χ1v) is 5.81. The van der Waals surface area contributed by atoms with Gasteiger partial charge in [-0.25, -0.2) is 0 Å². The van der Waals surface area contributed by atoms with E-state index in [1.54, 1.807) is 12.8 Å². The van der Waals surface area contributed by atoms with Gasteiger partial charge in [0.05, 0.1) is 0 Å². The minimum atomic E-state index is 1.04. The average molecular weight is 166 g/mol. The molecule has 0 aromatic carbocycles. The van der Waals surface area contributed by atoms with Crippen LogP contribution in [0.4, 0.5) is 0 Å². The third-order valence-corrected chi connectivity index (χ3v) is 4.24. The molecule has 0 aromatic heterocycles. The molecule has 12 heavy (non-hydrogen) atoms. The van der Waals surface area contributed by atoms with Crippen LogP contribution in [0.3, 0.4) is 0 Å². The van der Waals surface area contributed by atoms with Gasteiger partial charge in [0.25, 0.3) is 0 Å². The molecule has 0 radical (unpaired) electrons. The van der Waals surface area contributed by atoms with Crippen LogP contribution >= 0.6 is 0 Å². The molecule has 0 bridgehead atoms. The van der Waals surface area contributed by atoms with Crippen molar-refractivity contribution >= 4 is 0 Å². The molecule has 0 heterocycles. The predicted octanol–water partition coefficient (Wildman–Crippen LogP) is 3.86. The summed E-state index contributed by atoms with van der Waals surface area (Å²) in [6.45, 7) is 4.81. The first kappa shape index (κ1) is 8.59. The molecule has 4 atom stereocenters. The summed E-state index contributed by atoms with van der Waals surface area (Å²) < 4.78 is 0. The van der Waals surface area contributed by atoms with Gasteiger partial charge in [-0.05, 0) is 36.5 Å². The van der Waals surface area contributed by atoms with Crippen molar-refractivity contribution in [2.45, 2.75) is 52.4 Å². The Kier molecular flexibility index (Phi) is 2.43. The smallest absolute Gasteiger partial charge is 0.0380 e. The Morgan fingerprint density at radius 1 is 1.08 bits per heavy atom. The van der Waals surface area contributed by atoms with E-state index in [0.717, 1.165) is 23.7 Å². The van der Waals surface area contributed by atoms with Gasteiger partial charge < -0.3 is 0 Å². The van der Waals surface area contributed by atoms with Crippen LogP contribution in [0.2, 0.25) is 0 Å². The molecular weight excluding hydrogens is 144 g/mol. The Labute approximate surface area is 76.7 Å². The molecule has 0 aromatic rings. The maximum absolute atomic E-state index is 2.46. The van der Waals surface area contributed by atoms with Crippen LogP contribution in [-0.2, 0) is 0 Å². The molecule has 2 aliphatic rings. The van der Waals surface area contributed by atoms with Gasteiger partial charge in [0.2, 0.25) is 0 Å². The van der Waals surface area contributed by atoms with E-state index in [0.29, 0.717) is 0 Å². The Morgan fingerprint density at radius 3 is 2.42 bits per heavy atom. The fraction of sp³-hybridized carbons (Fsp3) is 1.00. The zero-order valence-corrected chi connectivity index (χ0v) is 8.55. The molecule has 2 aliphatic carbocycles. The monoisotopic (exact) mass is 166 g/mol. The summed E-state index contributed by atoms with van der Waals surface area (Å²) in [5.74, 6) is 4.41. The third kappa shape index (κ3) is 1.67. The van der Waals surface area contributed by atoms with Crippen molar-refractivity contribution in [2.24, 2.45) is 23.7 Å². The molecule has 70 valence electrons. The summed E-state index contributed by atoms with van der Waals surface area (Å²) in [6.07, 6.45) is 9.11. The SMILES string of the molecule is CCC1CC1CC1CCCC1C. The highest BCUT2D eigenvalue weighted by Gasteiger charge is 2.38. The van der Waals surface area contributed by atoms with Crippen LogP contribution in [0, 0.1) is 23.7 Å². The van der Waals surface area contributed by atoms with Crippen molar-refractivity contribution in [3.63, 3.8) is 0 Å². The highest BCUT2D eigenvalue weighted by Crippen LogP contribution is 2.48. The average Bonchev–Trinajstić information content (AvgIpc) is 2.70. The molecule has 0 amide bonds. The van der Waals surface area contributed by atoms with Gasteiger partial charge in [0, 0.05) is 0 Å². The Bertz CT molecular complexity index is 150. The quantitative estimate of drug-likeness (QED) is 0.597. The maximum atomic E-state index is 2.46. The van der Waals surface area contributed by atoms with Crippen molar-refractivity contribution < 1.29 is 0 Å². The highest BCUT2D eigenvalue weighted by molar-refractivity contribution is 4.89. The van der Waals surface area contributed by atoms with E-state index in [2.05, 4.69) is 13.8 Å². The summed E-state index contributed by atoms with van der Waals surface area (Å²) in [4.78, 5) is 0. The van der Waals surface area contributed by atoms with Crippen molar-refractivity contribution in [3.05, 3.63) is 0 Å². The molecule has 0 aliphatic heterocycles. The maximum Gasteiger partial charge on any atom is -0.0380 e. The Hall–Kier alpha value is 0. The van der Waals surface area contributed by atoms with E-state index < -0.39 is 0 Å². The van der Waals surface area contributed by atoms with Gasteiger partial charge in [-0.1, -0.05) is 39.5 Å². The number of hydrogen-bond acceptors (Lipinski definition) is 0. The van der Waals surface area contributed by atoms with E-state index in [1.165, 1.54) is 25.7 Å². The summed E-state index contributed by atoms with van der Waals surface area (Å²) in [6, 6.07) is 0. The van der Waals surface area contributed by atoms with Crippen LogP contribution in [0.1, 0.15) is 52.4 Å². The van der Waals surface area contributed by atoms with Gasteiger partial charge in [0.1, 0.15) is 0 Å². The molecule has 4 unspecified atom stereocenters. The molecular formula is C12H22. The predicted molar refractivity (Wildman–Crippen MR) is 53.0 cm³/mol.